The molecule has 0 saturated heterocycles. The maximum Gasteiger partial charge on any atom is 0.306 e. The van der Waals surface area contributed by atoms with Crippen molar-refractivity contribution in [3.8, 4) is 5.75 Å². The number of hydrogen-bond donors (Lipinski definition) is 0. The van der Waals surface area contributed by atoms with Gasteiger partial charge in [-0.2, -0.15) is 0 Å². The van der Waals surface area contributed by atoms with Crippen LogP contribution in [0.1, 0.15) is 25.8 Å². The summed E-state index contributed by atoms with van der Waals surface area (Å²) in [7, 11) is 0. The molecule has 1 rings (SSSR count). The minimum atomic E-state index is -0.220. The highest BCUT2D eigenvalue weighted by atomic mass is 16.5. The van der Waals surface area contributed by atoms with Crippen molar-refractivity contribution in [3.05, 3.63) is 54.1 Å². The van der Waals surface area contributed by atoms with Gasteiger partial charge >= 0.3 is 5.97 Å². The van der Waals surface area contributed by atoms with Crippen molar-refractivity contribution in [2.45, 2.75) is 26.7 Å². The molecule has 0 N–H and O–H groups in total. The van der Waals surface area contributed by atoms with Crippen LogP contribution in [0.25, 0.3) is 0 Å². The van der Waals surface area contributed by atoms with Gasteiger partial charge in [0.1, 0.15) is 19.0 Å². The summed E-state index contributed by atoms with van der Waals surface area (Å²) in [4.78, 5) is 11.6. The Morgan fingerprint density at radius 3 is 2.40 bits per heavy atom. The molecule has 0 atom stereocenters. The minimum absolute atomic E-state index is 0.220. The third-order valence-electron chi connectivity index (χ3n) is 2.52. The Morgan fingerprint density at radius 1 is 1.10 bits per heavy atom. The quantitative estimate of drug-likeness (QED) is 0.535. The monoisotopic (exact) mass is 274 g/mol. The van der Waals surface area contributed by atoms with Crippen LogP contribution in [0.4, 0.5) is 0 Å². The standard InChI is InChI=1S/C17H22O3/c1-13(2)11-19-16-8-6-5-7-15(16)9-10-17(18)20-12-14(3)4/h5-8H,1,3,9-12H2,2,4H3. The molecule has 3 nitrogen and oxygen atoms in total. The average Bonchev–Trinajstić information content (AvgIpc) is 2.41. The van der Waals surface area contributed by atoms with Gasteiger partial charge in [-0.15, -0.1) is 0 Å². The molecule has 0 fully saturated rings. The number of carbonyl (C=O) groups excluding carboxylic acids is 1. The summed E-state index contributed by atoms with van der Waals surface area (Å²) < 4.78 is 10.7. The van der Waals surface area contributed by atoms with Crippen LogP contribution < -0.4 is 4.74 Å². The summed E-state index contributed by atoms with van der Waals surface area (Å²) in [6.45, 7) is 12.0. The van der Waals surface area contributed by atoms with Crippen LogP contribution in [0.3, 0.4) is 0 Å². The third-order valence-corrected chi connectivity index (χ3v) is 2.52. The summed E-state index contributed by atoms with van der Waals surface area (Å²) in [5.41, 5.74) is 2.80. The van der Waals surface area contributed by atoms with Gasteiger partial charge < -0.3 is 9.47 Å². The molecule has 0 bridgehead atoms. The van der Waals surface area contributed by atoms with Crippen molar-refractivity contribution in [2.75, 3.05) is 13.2 Å². The van der Waals surface area contributed by atoms with Gasteiger partial charge in [0.2, 0.25) is 0 Å². The number of hydrogen-bond acceptors (Lipinski definition) is 3. The van der Waals surface area contributed by atoms with Crippen molar-refractivity contribution in [2.24, 2.45) is 0 Å². The first-order valence-electron chi connectivity index (χ1n) is 6.64. The van der Waals surface area contributed by atoms with Gasteiger partial charge in [0, 0.05) is 6.42 Å². The Bertz CT molecular complexity index is 489. The fourth-order valence-electron chi connectivity index (χ4n) is 1.56. The molecule has 1 aromatic rings. The highest BCUT2D eigenvalue weighted by Gasteiger charge is 2.08. The van der Waals surface area contributed by atoms with Gasteiger partial charge in [0.15, 0.2) is 0 Å². The van der Waals surface area contributed by atoms with Gasteiger partial charge in [-0.25, -0.2) is 0 Å². The van der Waals surface area contributed by atoms with Crippen molar-refractivity contribution >= 4 is 5.97 Å². The molecule has 20 heavy (non-hydrogen) atoms. The van der Waals surface area contributed by atoms with E-state index >= 15 is 0 Å². The summed E-state index contributed by atoms with van der Waals surface area (Å²) in [5.74, 6) is 0.575. The van der Waals surface area contributed by atoms with Crippen LogP contribution >= 0.6 is 0 Å². The topological polar surface area (TPSA) is 35.5 Å². The Hall–Kier alpha value is -2.03. The van der Waals surface area contributed by atoms with E-state index in [1.165, 1.54) is 0 Å². The molecule has 108 valence electrons. The Balaban J connectivity index is 2.52. The lowest BCUT2D eigenvalue weighted by Gasteiger charge is -2.11. The number of benzene rings is 1. The Labute approximate surface area is 120 Å². The molecule has 1 aromatic carbocycles. The summed E-state index contributed by atoms with van der Waals surface area (Å²) in [6, 6.07) is 7.70. The van der Waals surface area contributed by atoms with Crippen LogP contribution in [-0.2, 0) is 16.0 Å². The molecule has 0 radical (unpaired) electrons. The summed E-state index contributed by atoms with van der Waals surface area (Å²) in [6.07, 6.45) is 0.933. The third kappa shape index (κ3) is 6.23. The molecule has 0 aliphatic heterocycles. The van der Waals surface area contributed by atoms with Crippen LogP contribution in [0.2, 0.25) is 0 Å². The number of ether oxygens (including phenoxy) is 2. The summed E-state index contributed by atoms with van der Waals surface area (Å²) >= 11 is 0. The lowest BCUT2D eigenvalue weighted by molar-refractivity contribution is -0.142. The number of carbonyl (C=O) groups is 1. The fourth-order valence-corrected chi connectivity index (χ4v) is 1.56. The van der Waals surface area contributed by atoms with Gasteiger partial charge in [-0.3, -0.25) is 4.79 Å². The first-order chi connectivity index (χ1) is 9.49. The molecule has 0 spiro atoms. The maximum atomic E-state index is 11.6. The lowest BCUT2D eigenvalue weighted by Crippen LogP contribution is -2.08. The van der Waals surface area contributed by atoms with E-state index < -0.39 is 0 Å². The van der Waals surface area contributed by atoms with Gasteiger partial charge in [-0.05, 0) is 43.0 Å². The molecule has 0 aliphatic carbocycles. The van der Waals surface area contributed by atoms with E-state index in [4.69, 9.17) is 9.47 Å². The SMILES string of the molecule is C=C(C)COC(=O)CCc1ccccc1OCC(=C)C. The van der Waals surface area contributed by atoms with Crippen LogP contribution in [0.15, 0.2) is 48.6 Å². The number of para-hydroxylation sites is 1. The zero-order valence-electron chi connectivity index (χ0n) is 12.3. The molecule has 0 heterocycles. The zero-order valence-corrected chi connectivity index (χ0v) is 12.3. The van der Waals surface area contributed by atoms with E-state index in [1.807, 2.05) is 38.1 Å². The molecule has 0 unspecified atom stereocenters. The van der Waals surface area contributed by atoms with E-state index in [1.54, 1.807) is 0 Å². The fraction of sp³-hybridized carbons (Fsp3) is 0.353. The molecule has 0 amide bonds. The Kier molecular flexibility index (Phi) is 6.57. The van der Waals surface area contributed by atoms with Gasteiger partial charge in [-0.1, -0.05) is 31.4 Å². The van der Waals surface area contributed by atoms with Crippen molar-refractivity contribution < 1.29 is 14.3 Å². The molecule has 0 aromatic heterocycles. The van der Waals surface area contributed by atoms with Crippen LogP contribution in [0, 0.1) is 0 Å². The second kappa shape index (κ2) is 8.20. The number of rotatable bonds is 8. The van der Waals surface area contributed by atoms with E-state index in [9.17, 15) is 4.79 Å². The van der Waals surface area contributed by atoms with Crippen molar-refractivity contribution in [1.82, 2.24) is 0 Å². The zero-order chi connectivity index (χ0) is 15.0. The first-order valence-corrected chi connectivity index (χ1v) is 6.64. The van der Waals surface area contributed by atoms with E-state index in [0.717, 1.165) is 22.5 Å². The smallest absolute Gasteiger partial charge is 0.306 e. The van der Waals surface area contributed by atoms with Crippen LogP contribution in [-0.4, -0.2) is 19.2 Å². The molecular formula is C17H22O3. The highest BCUT2D eigenvalue weighted by Crippen LogP contribution is 2.20. The molecular weight excluding hydrogens is 252 g/mol. The predicted molar refractivity (Wildman–Crippen MR) is 80.8 cm³/mol. The second-order valence-corrected chi connectivity index (χ2v) is 4.97. The average molecular weight is 274 g/mol. The first kappa shape index (κ1) is 16.0. The van der Waals surface area contributed by atoms with Crippen molar-refractivity contribution in [1.29, 1.82) is 0 Å². The normalized spacial score (nSPS) is 9.90. The van der Waals surface area contributed by atoms with Gasteiger partial charge in [0.25, 0.3) is 0 Å². The van der Waals surface area contributed by atoms with E-state index in [-0.39, 0.29) is 12.6 Å². The predicted octanol–water partition coefficient (Wildman–Crippen LogP) is 3.69. The van der Waals surface area contributed by atoms with Gasteiger partial charge in [0.05, 0.1) is 0 Å². The lowest BCUT2D eigenvalue weighted by atomic mass is 10.1. The van der Waals surface area contributed by atoms with E-state index in [0.29, 0.717) is 19.4 Å². The van der Waals surface area contributed by atoms with Crippen molar-refractivity contribution in [3.63, 3.8) is 0 Å². The minimum Gasteiger partial charge on any atom is -0.489 e. The van der Waals surface area contributed by atoms with E-state index in [2.05, 4.69) is 13.2 Å². The molecule has 0 saturated carbocycles. The number of aryl methyl sites for hydroxylation is 1. The number of esters is 1. The largest absolute Gasteiger partial charge is 0.489 e. The molecule has 0 aliphatic rings. The highest BCUT2D eigenvalue weighted by molar-refractivity contribution is 5.70. The Morgan fingerprint density at radius 2 is 1.75 bits per heavy atom. The second-order valence-electron chi connectivity index (χ2n) is 4.97. The summed E-state index contributed by atoms with van der Waals surface area (Å²) in [5, 5.41) is 0. The molecule has 3 heteroatoms. The van der Waals surface area contributed by atoms with Crippen LogP contribution in [0.5, 0.6) is 5.75 Å². The maximum absolute atomic E-state index is 11.6.